The monoisotopic (exact) mass is 502 g/mol. The van der Waals surface area contributed by atoms with E-state index in [1.165, 1.54) is 5.57 Å². The Morgan fingerprint density at radius 3 is 2.33 bits per heavy atom. The third-order valence-electron chi connectivity index (χ3n) is 13.6. The molecule has 0 aromatic heterocycles. The van der Waals surface area contributed by atoms with E-state index < -0.39 is 11.4 Å². The normalized spacial score (nSPS) is 53.8. The molecule has 5 nitrogen and oxygen atoms in total. The van der Waals surface area contributed by atoms with Gasteiger partial charge in [0.25, 0.3) is 0 Å². The lowest BCUT2D eigenvalue weighted by Crippen LogP contribution is -2.68. The molecule has 5 aliphatic carbocycles. The van der Waals surface area contributed by atoms with Crippen LogP contribution in [0.15, 0.2) is 11.6 Å². The van der Waals surface area contributed by atoms with Crippen LogP contribution in [-0.2, 0) is 9.53 Å². The van der Waals surface area contributed by atoms with Crippen molar-refractivity contribution >= 4 is 5.97 Å². The molecule has 0 amide bonds. The molecule has 0 heterocycles. The number of rotatable bonds is 3. The summed E-state index contributed by atoms with van der Waals surface area (Å²) in [5.74, 6) is 0.297. The van der Waals surface area contributed by atoms with Crippen LogP contribution in [0.2, 0.25) is 0 Å². The Hall–Kier alpha value is -0.910. The van der Waals surface area contributed by atoms with Gasteiger partial charge in [-0.25, -0.2) is 0 Å². The number of hydrogen-bond acceptors (Lipinski definition) is 4. The van der Waals surface area contributed by atoms with E-state index in [1.54, 1.807) is 0 Å². The Kier molecular flexibility index (Phi) is 6.15. The van der Waals surface area contributed by atoms with Gasteiger partial charge >= 0.3 is 5.97 Å². The lowest BCUT2D eigenvalue weighted by molar-refractivity contribution is -0.230. The van der Waals surface area contributed by atoms with Crippen molar-refractivity contribution < 1.29 is 24.9 Å². The van der Waals surface area contributed by atoms with E-state index in [-0.39, 0.29) is 58.2 Å². The van der Waals surface area contributed by atoms with Crippen molar-refractivity contribution in [2.75, 3.05) is 13.7 Å². The lowest BCUT2D eigenvalue weighted by atomic mass is 9.33. The fourth-order valence-corrected chi connectivity index (χ4v) is 11.3. The van der Waals surface area contributed by atoms with Crippen LogP contribution < -0.4 is 0 Å². The highest BCUT2D eigenvalue weighted by atomic mass is 16.5. The van der Waals surface area contributed by atoms with Crippen LogP contribution in [0.4, 0.5) is 0 Å². The van der Waals surface area contributed by atoms with Crippen molar-refractivity contribution in [2.45, 2.75) is 105 Å². The summed E-state index contributed by atoms with van der Waals surface area (Å²) in [5.41, 5.74) is 0.373. The smallest absolute Gasteiger partial charge is 0.310 e. The largest absolute Gasteiger partial charge is 0.481 e. The van der Waals surface area contributed by atoms with Gasteiger partial charge in [-0.15, -0.1) is 0 Å². The first-order chi connectivity index (χ1) is 16.7. The number of ether oxygens (including phenoxy) is 1. The molecule has 0 radical (unpaired) electrons. The van der Waals surface area contributed by atoms with Gasteiger partial charge in [-0.05, 0) is 96.7 Å². The summed E-state index contributed by atoms with van der Waals surface area (Å²) in [6.45, 7) is 14.2. The standard InChI is InChI=1S/C31H50O5/c1-18-19(17-32)8-13-31(26(34)35)15-14-29(5)20(24(18)31)16-21(36-7)25-28(4)11-10-23(33)27(2,3)22(28)9-12-30(25,29)6/h16,18-19,21-25,32-33H,8-15,17H2,1-7H3,(H,34,35)/t18-,19-,21?,22-,23-,24-,25?,28-,29+,30+,31-/m0/s1. The maximum atomic E-state index is 12.9. The number of methoxy groups -OCH3 is 1. The van der Waals surface area contributed by atoms with E-state index in [2.05, 4.69) is 47.6 Å². The second-order valence-electron chi connectivity index (χ2n) is 14.8. The zero-order chi connectivity index (χ0) is 26.5. The molecule has 0 saturated heterocycles. The second kappa shape index (κ2) is 8.29. The fraction of sp³-hybridized carbons (Fsp3) is 0.903. The molecule has 3 N–H and O–H groups in total. The molecule has 36 heavy (non-hydrogen) atoms. The van der Waals surface area contributed by atoms with Gasteiger partial charge in [-0.1, -0.05) is 53.2 Å². The summed E-state index contributed by atoms with van der Waals surface area (Å²) < 4.78 is 6.35. The first-order valence-electron chi connectivity index (χ1n) is 14.5. The molecule has 11 atom stereocenters. The zero-order valence-corrected chi connectivity index (χ0v) is 23.6. The third kappa shape index (κ3) is 3.09. The highest BCUT2D eigenvalue weighted by Gasteiger charge is 2.71. The topological polar surface area (TPSA) is 87.0 Å². The molecule has 0 spiro atoms. The van der Waals surface area contributed by atoms with Gasteiger partial charge in [0.05, 0.1) is 17.6 Å². The molecule has 2 unspecified atom stereocenters. The maximum absolute atomic E-state index is 12.9. The summed E-state index contributed by atoms with van der Waals surface area (Å²) in [4.78, 5) is 12.9. The van der Waals surface area contributed by atoms with Crippen molar-refractivity contribution in [2.24, 2.45) is 56.7 Å². The van der Waals surface area contributed by atoms with Crippen molar-refractivity contribution in [3.05, 3.63) is 11.6 Å². The maximum Gasteiger partial charge on any atom is 0.310 e. The number of carboxylic acid groups (broad SMARTS) is 1. The van der Waals surface area contributed by atoms with Crippen LogP contribution in [0.25, 0.3) is 0 Å². The molecule has 0 aliphatic heterocycles. The first-order valence-corrected chi connectivity index (χ1v) is 14.5. The molecule has 4 fully saturated rings. The molecule has 204 valence electrons. The van der Waals surface area contributed by atoms with E-state index in [4.69, 9.17) is 4.74 Å². The van der Waals surface area contributed by atoms with Gasteiger partial charge in [-0.2, -0.15) is 0 Å². The highest BCUT2D eigenvalue weighted by molar-refractivity contribution is 5.76. The molecular weight excluding hydrogens is 452 g/mol. The Balaban J connectivity index is 1.68. The number of aliphatic hydroxyl groups is 2. The Morgan fingerprint density at radius 2 is 1.72 bits per heavy atom. The summed E-state index contributed by atoms with van der Waals surface area (Å²) in [7, 11) is 1.83. The zero-order valence-electron chi connectivity index (χ0n) is 23.6. The van der Waals surface area contributed by atoms with Crippen molar-refractivity contribution in [1.82, 2.24) is 0 Å². The predicted molar refractivity (Wildman–Crippen MR) is 140 cm³/mol. The molecule has 0 bridgehead atoms. The molecule has 5 rings (SSSR count). The summed E-state index contributed by atoms with van der Waals surface area (Å²) in [5, 5.41) is 31.8. The third-order valence-corrected chi connectivity index (χ3v) is 13.6. The van der Waals surface area contributed by atoms with Gasteiger partial charge in [0.1, 0.15) is 0 Å². The van der Waals surface area contributed by atoms with Crippen LogP contribution in [-0.4, -0.2) is 47.2 Å². The fourth-order valence-electron chi connectivity index (χ4n) is 11.3. The summed E-state index contributed by atoms with van der Waals surface area (Å²) in [6.07, 6.45) is 9.09. The SMILES string of the molecule is COC1C=C2[C@@H]3[C@@H](C)[C@H](CO)CC[C@]3(C(=O)O)CC[C@@]2(C)[C@]2(C)CC[C@H]3C(C)(C)[C@@H](O)CC[C@]3(C)C12. The highest BCUT2D eigenvalue weighted by Crippen LogP contribution is 2.76. The average Bonchev–Trinajstić information content (AvgIpc) is 2.82. The summed E-state index contributed by atoms with van der Waals surface area (Å²) in [6, 6.07) is 0. The minimum Gasteiger partial charge on any atom is -0.481 e. The Labute approximate surface area is 218 Å². The summed E-state index contributed by atoms with van der Waals surface area (Å²) >= 11 is 0. The van der Waals surface area contributed by atoms with E-state index in [1.807, 2.05) is 7.11 Å². The Bertz CT molecular complexity index is 941. The Morgan fingerprint density at radius 1 is 1.03 bits per heavy atom. The van der Waals surface area contributed by atoms with Crippen molar-refractivity contribution in [3.63, 3.8) is 0 Å². The van der Waals surface area contributed by atoms with Gasteiger partial charge in [0.15, 0.2) is 0 Å². The first kappa shape index (κ1) is 26.7. The van der Waals surface area contributed by atoms with Gasteiger partial charge in [-0.3, -0.25) is 4.79 Å². The van der Waals surface area contributed by atoms with Crippen LogP contribution in [0.3, 0.4) is 0 Å². The number of allylic oxidation sites excluding steroid dienone is 1. The van der Waals surface area contributed by atoms with Crippen molar-refractivity contribution in [1.29, 1.82) is 0 Å². The minimum atomic E-state index is -0.740. The molecule has 4 saturated carbocycles. The number of hydrogen-bond donors (Lipinski definition) is 3. The van der Waals surface area contributed by atoms with Gasteiger partial charge in [0, 0.05) is 19.6 Å². The molecular formula is C31H50O5. The lowest BCUT2D eigenvalue weighted by Gasteiger charge is -2.72. The number of fused-ring (bicyclic) bond motifs is 7. The van der Waals surface area contributed by atoms with E-state index >= 15 is 0 Å². The van der Waals surface area contributed by atoms with E-state index in [0.717, 1.165) is 38.5 Å². The number of aliphatic carboxylic acids is 1. The molecule has 0 aromatic rings. The van der Waals surface area contributed by atoms with Crippen LogP contribution in [0.1, 0.15) is 92.9 Å². The van der Waals surface area contributed by atoms with Crippen LogP contribution in [0.5, 0.6) is 0 Å². The number of carboxylic acids is 1. The second-order valence-corrected chi connectivity index (χ2v) is 14.8. The minimum absolute atomic E-state index is 0.0159. The molecule has 5 aliphatic rings. The number of aliphatic hydroxyl groups excluding tert-OH is 2. The molecule has 0 aromatic carbocycles. The van der Waals surface area contributed by atoms with E-state index in [9.17, 15) is 20.1 Å². The average molecular weight is 503 g/mol. The van der Waals surface area contributed by atoms with E-state index in [0.29, 0.717) is 24.7 Å². The molecule has 5 heteroatoms. The van der Waals surface area contributed by atoms with Crippen LogP contribution in [0, 0.1) is 56.7 Å². The number of carbonyl (C=O) groups is 1. The van der Waals surface area contributed by atoms with Crippen molar-refractivity contribution in [3.8, 4) is 0 Å². The van der Waals surface area contributed by atoms with Gasteiger partial charge in [0.2, 0.25) is 0 Å². The van der Waals surface area contributed by atoms with Gasteiger partial charge < -0.3 is 20.1 Å². The quantitative estimate of drug-likeness (QED) is 0.432. The predicted octanol–water partition coefficient (Wildman–Crippen LogP) is 5.69. The van der Waals surface area contributed by atoms with Crippen LogP contribution >= 0.6 is 0 Å².